The number of anilines is 1. The molecule has 0 bridgehead atoms. The summed E-state index contributed by atoms with van der Waals surface area (Å²) in [4.78, 5) is 15.9. The highest BCUT2D eigenvalue weighted by Crippen LogP contribution is 2.33. The van der Waals surface area contributed by atoms with Crippen molar-refractivity contribution in [1.82, 2.24) is 34.2 Å². The minimum absolute atomic E-state index is 0.0809. The fourth-order valence-electron chi connectivity index (χ4n) is 4.72. The van der Waals surface area contributed by atoms with Gasteiger partial charge >= 0.3 is 0 Å². The number of nitrogens with zero attached hydrogens (tertiary/aromatic N) is 7. The first-order valence-electron chi connectivity index (χ1n) is 12.1. The van der Waals surface area contributed by atoms with Gasteiger partial charge in [0.05, 0.1) is 17.4 Å². The first kappa shape index (κ1) is 21.5. The molecular formula is C25H28N10. The molecule has 6 rings (SSSR count). The largest absolute Gasteiger partial charge is 0.364 e. The van der Waals surface area contributed by atoms with Crippen molar-refractivity contribution in [2.75, 3.05) is 11.9 Å². The maximum absolute atomic E-state index is 8.46. The van der Waals surface area contributed by atoms with Crippen LogP contribution in [-0.4, -0.2) is 58.5 Å². The SMILES string of the molecule is CCn1c(-c2cnn(-c3ccccc3)c2)nc2c(NC3CCC(=N)N(C(=N)C4CC4)C3)ncnc21. The number of imidazole rings is 1. The van der Waals surface area contributed by atoms with E-state index in [9.17, 15) is 0 Å². The van der Waals surface area contributed by atoms with E-state index in [0.29, 0.717) is 42.9 Å². The molecule has 1 aliphatic heterocycles. The van der Waals surface area contributed by atoms with Gasteiger partial charge in [0, 0.05) is 37.7 Å². The van der Waals surface area contributed by atoms with Gasteiger partial charge in [0.2, 0.25) is 0 Å². The van der Waals surface area contributed by atoms with Crippen molar-refractivity contribution in [1.29, 1.82) is 10.8 Å². The van der Waals surface area contributed by atoms with Gasteiger partial charge in [-0.3, -0.25) is 10.8 Å². The summed E-state index contributed by atoms with van der Waals surface area (Å²) in [6.45, 7) is 3.39. The maximum Gasteiger partial charge on any atom is 0.165 e. The first-order chi connectivity index (χ1) is 17.1. The van der Waals surface area contributed by atoms with Crippen LogP contribution in [0.25, 0.3) is 28.2 Å². The van der Waals surface area contributed by atoms with Crippen LogP contribution in [0.3, 0.4) is 0 Å². The molecule has 4 aromatic rings. The molecule has 10 nitrogen and oxygen atoms in total. The standard InChI is InChI=1S/C25H28N10/c1-2-33-24(17-12-30-35(13-17)19-6-4-3-5-7-19)32-21-23(28-15-29-25(21)33)31-18-10-11-20(26)34(14-18)22(27)16-8-9-16/h3-7,12-13,15-16,18,26-27H,2,8-11,14H2,1H3,(H,28,29,31). The summed E-state index contributed by atoms with van der Waals surface area (Å²) in [5, 5.41) is 24.9. The molecule has 1 unspecified atom stereocenters. The molecule has 1 aliphatic carbocycles. The van der Waals surface area contributed by atoms with Crippen molar-refractivity contribution in [3.8, 4) is 17.1 Å². The van der Waals surface area contributed by atoms with Crippen LogP contribution in [0, 0.1) is 16.7 Å². The zero-order valence-electron chi connectivity index (χ0n) is 19.6. The van der Waals surface area contributed by atoms with E-state index in [1.54, 1.807) is 6.33 Å². The fraction of sp³-hybridized carbons (Fsp3) is 0.360. The van der Waals surface area contributed by atoms with Crippen molar-refractivity contribution in [3.05, 3.63) is 49.1 Å². The number of fused-ring (bicyclic) bond motifs is 1. The average molecular weight is 469 g/mol. The molecule has 1 saturated carbocycles. The number of piperidine rings is 1. The third-order valence-electron chi connectivity index (χ3n) is 6.76. The molecule has 0 spiro atoms. The van der Waals surface area contributed by atoms with Crippen LogP contribution in [-0.2, 0) is 6.54 Å². The summed E-state index contributed by atoms with van der Waals surface area (Å²) in [5.74, 6) is 2.94. The minimum Gasteiger partial charge on any atom is -0.364 e. The number of likely N-dealkylation sites (tertiary alicyclic amines) is 1. The molecule has 0 amide bonds. The predicted octanol–water partition coefficient (Wildman–Crippen LogP) is 3.94. The minimum atomic E-state index is 0.0809. The molecule has 3 aromatic heterocycles. The first-order valence-corrected chi connectivity index (χ1v) is 12.1. The average Bonchev–Trinajstić information content (AvgIpc) is 3.49. The van der Waals surface area contributed by atoms with Crippen molar-refractivity contribution < 1.29 is 0 Å². The molecular weight excluding hydrogens is 440 g/mol. The highest BCUT2D eigenvalue weighted by atomic mass is 15.3. The van der Waals surface area contributed by atoms with Crippen LogP contribution >= 0.6 is 0 Å². The summed E-state index contributed by atoms with van der Waals surface area (Å²) in [5.41, 5.74) is 3.40. The van der Waals surface area contributed by atoms with E-state index >= 15 is 0 Å². The van der Waals surface area contributed by atoms with Crippen molar-refractivity contribution in [3.63, 3.8) is 0 Å². The lowest BCUT2D eigenvalue weighted by Gasteiger charge is -2.35. The monoisotopic (exact) mass is 468 g/mol. The van der Waals surface area contributed by atoms with Gasteiger partial charge in [-0.1, -0.05) is 18.2 Å². The Bertz CT molecular complexity index is 1400. The van der Waals surface area contributed by atoms with Gasteiger partial charge in [0.15, 0.2) is 17.0 Å². The smallest absolute Gasteiger partial charge is 0.165 e. The van der Waals surface area contributed by atoms with E-state index in [0.717, 1.165) is 47.5 Å². The van der Waals surface area contributed by atoms with E-state index < -0.39 is 0 Å². The fourth-order valence-corrected chi connectivity index (χ4v) is 4.72. The van der Waals surface area contributed by atoms with Crippen LogP contribution in [0.5, 0.6) is 0 Å². The molecule has 1 atom stereocenters. The number of aryl methyl sites for hydroxylation is 1. The van der Waals surface area contributed by atoms with Gasteiger partial charge in [-0.25, -0.2) is 19.6 Å². The summed E-state index contributed by atoms with van der Waals surface area (Å²) >= 11 is 0. The van der Waals surface area contributed by atoms with E-state index in [2.05, 4.69) is 31.9 Å². The summed E-state index contributed by atoms with van der Waals surface area (Å²) in [6, 6.07) is 10.1. The Hall–Kier alpha value is -4.08. The molecule has 35 heavy (non-hydrogen) atoms. The maximum atomic E-state index is 8.46. The number of aromatic nitrogens is 6. The van der Waals surface area contributed by atoms with E-state index in [1.165, 1.54) is 0 Å². The zero-order chi connectivity index (χ0) is 23.9. The van der Waals surface area contributed by atoms with Crippen LogP contribution in [0.2, 0.25) is 0 Å². The van der Waals surface area contributed by atoms with Crippen molar-refractivity contribution >= 4 is 28.7 Å². The number of rotatable bonds is 6. The second-order valence-electron chi connectivity index (χ2n) is 9.18. The van der Waals surface area contributed by atoms with Gasteiger partial charge < -0.3 is 14.8 Å². The number of nitrogens with one attached hydrogen (secondary N) is 3. The summed E-state index contributed by atoms with van der Waals surface area (Å²) in [6.07, 6.45) is 8.98. The second-order valence-corrected chi connectivity index (χ2v) is 9.18. The molecule has 178 valence electrons. The van der Waals surface area contributed by atoms with Crippen molar-refractivity contribution in [2.24, 2.45) is 5.92 Å². The van der Waals surface area contributed by atoms with E-state index in [4.69, 9.17) is 15.8 Å². The Morgan fingerprint density at radius 2 is 1.97 bits per heavy atom. The Kier molecular flexibility index (Phi) is 5.28. The quantitative estimate of drug-likeness (QED) is 0.291. The Morgan fingerprint density at radius 3 is 2.74 bits per heavy atom. The Labute approximate surface area is 203 Å². The van der Waals surface area contributed by atoms with Gasteiger partial charge in [0.1, 0.15) is 23.8 Å². The highest BCUT2D eigenvalue weighted by molar-refractivity contribution is 6.00. The highest BCUT2D eigenvalue weighted by Gasteiger charge is 2.35. The summed E-state index contributed by atoms with van der Waals surface area (Å²) < 4.78 is 3.93. The molecule has 10 heteroatoms. The van der Waals surface area contributed by atoms with E-state index in [-0.39, 0.29) is 6.04 Å². The van der Waals surface area contributed by atoms with Crippen LogP contribution in [0.1, 0.15) is 32.6 Å². The van der Waals surface area contributed by atoms with Gasteiger partial charge in [-0.05, 0) is 38.3 Å². The lowest BCUT2D eigenvalue weighted by molar-refractivity contribution is 0.453. The lowest BCUT2D eigenvalue weighted by atomic mass is 10.0. The molecule has 1 aromatic carbocycles. The van der Waals surface area contributed by atoms with Gasteiger partial charge in [-0.2, -0.15) is 5.10 Å². The second kappa shape index (κ2) is 8.61. The molecule has 1 saturated heterocycles. The zero-order valence-corrected chi connectivity index (χ0v) is 19.6. The number of benzene rings is 1. The molecule has 2 aliphatic rings. The Morgan fingerprint density at radius 1 is 1.14 bits per heavy atom. The molecule has 2 fully saturated rings. The topological polar surface area (TPSA) is 124 Å². The third kappa shape index (κ3) is 3.94. The normalized spacial score (nSPS) is 18.3. The number of hydrogen-bond donors (Lipinski definition) is 3. The lowest BCUT2D eigenvalue weighted by Crippen LogP contribution is -2.48. The number of hydrogen-bond acceptors (Lipinski definition) is 7. The predicted molar refractivity (Wildman–Crippen MR) is 135 cm³/mol. The van der Waals surface area contributed by atoms with Crippen LogP contribution in [0.4, 0.5) is 5.82 Å². The number of para-hydroxylation sites is 1. The van der Waals surface area contributed by atoms with Crippen LogP contribution in [0.15, 0.2) is 49.1 Å². The third-order valence-corrected chi connectivity index (χ3v) is 6.76. The van der Waals surface area contributed by atoms with Crippen molar-refractivity contribution in [2.45, 2.75) is 45.2 Å². The molecule has 0 radical (unpaired) electrons. The molecule has 4 heterocycles. The van der Waals surface area contributed by atoms with Crippen LogP contribution < -0.4 is 5.32 Å². The molecule has 3 N–H and O–H groups in total. The van der Waals surface area contributed by atoms with E-state index in [1.807, 2.05) is 52.3 Å². The summed E-state index contributed by atoms with van der Waals surface area (Å²) in [7, 11) is 0. The Balaban J connectivity index is 1.31. The van der Waals surface area contributed by atoms with Gasteiger partial charge in [0.25, 0.3) is 0 Å². The number of amidine groups is 2. The van der Waals surface area contributed by atoms with Gasteiger partial charge in [-0.15, -0.1) is 0 Å².